The molecule has 1 aromatic heterocycles. The van der Waals surface area contributed by atoms with Crippen LogP contribution in [0.25, 0.3) is 0 Å². The molecule has 0 amide bonds. The first-order valence-electron chi connectivity index (χ1n) is 7.65. The molecule has 0 fully saturated rings. The fraction of sp³-hybridized carbons (Fsp3) is 0.333. The highest BCUT2D eigenvalue weighted by Gasteiger charge is 2.10. The topological polar surface area (TPSA) is 49.3 Å². The second kappa shape index (κ2) is 7.72. The third kappa shape index (κ3) is 4.77. The first-order valence-corrected chi connectivity index (χ1v) is 7.65. The van der Waals surface area contributed by atoms with Gasteiger partial charge in [0.25, 0.3) is 0 Å². The average molecular weight is 314 g/mol. The van der Waals surface area contributed by atoms with Crippen molar-refractivity contribution in [2.24, 2.45) is 4.99 Å². The van der Waals surface area contributed by atoms with E-state index in [1.54, 1.807) is 26.1 Å². The molecule has 23 heavy (non-hydrogen) atoms. The minimum Gasteiger partial charge on any atom is -0.351 e. The molecule has 0 aliphatic rings. The maximum absolute atomic E-state index is 13.7. The van der Waals surface area contributed by atoms with Gasteiger partial charge in [-0.3, -0.25) is 9.98 Å². The Bertz CT molecular complexity index is 697. The molecule has 0 radical (unpaired) electrons. The number of hydrogen-bond donors (Lipinski definition) is 2. The molecule has 0 aliphatic heterocycles. The van der Waals surface area contributed by atoms with Crippen LogP contribution in [0, 0.1) is 19.7 Å². The van der Waals surface area contributed by atoms with E-state index in [2.05, 4.69) is 20.6 Å². The molecule has 1 aromatic carbocycles. The number of hydrogen-bond acceptors (Lipinski definition) is 2. The van der Waals surface area contributed by atoms with E-state index >= 15 is 0 Å². The van der Waals surface area contributed by atoms with Crippen LogP contribution in [0.2, 0.25) is 0 Å². The van der Waals surface area contributed by atoms with Crippen molar-refractivity contribution in [3.8, 4) is 0 Å². The highest BCUT2D eigenvalue weighted by molar-refractivity contribution is 5.80. The number of aliphatic imine (C=N–C) groups is 1. The molecule has 2 aromatic rings. The van der Waals surface area contributed by atoms with Crippen molar-refractivity contribution in [1.29, 1.82) is 0 Å². The average Bonchev–Trinajstić information content (AvgIpc) is 2.53. The Labute approximate surface area is 136 Å². The van der Waals surface area contributed by atoms with E-state index in [0.717, 1.165) is 17.0 Å². The predicted octanol–water partition coefficient (Wildman–Crippen LogP) is 3.26. The summed E-state index contributed by atoms with van der Waals surface area (Å²) in [5, 5.41) is 6.48. The monoisotopic (exact) mass is 314 g/mol. The summed E-state index contributed by atoms with van der Waals surface area (Å²) < 4.78 is 13.7. The zero-order valence-electron chi connectivity index (χ0n) is 14.0. The molecule has 0 aliphatic carbocycles. The third-order valence-corrected chi connectivity index (χ3v) is 3.66. The number of benzene rings is 1. The molecule has 1 heterocycles. The van der Waals surface area contributed by atoms with Crippen LogP contribution in [0.4, 0.5) is 4.39 Å². The van der Waals surface area contributed by atoms with Crippen LogP contribution >= 0.6 is 0 Å². The summed E-state index contributed by atoms with van der Waals surface area (Å²) in [6.07, 6.45) is 0. The summed E-state index contributed by atoms with van der Waals surface area (Å²) >= 11 is 0. The predicted molar refractivity (Wildman–Crippen MR) is 91.9 cm³/mol. The molecular weight excluding hydrogens is 291 g/mol. The Kier molecular flexibility index (Phi) is 5.68. The molecule has 5 heteroatoms. The quantitative estimate of drug-likeness (QED) is 0.673. The van der Waals surface area contributed by atoms with Crippen LogP contribution in [0.1, 0.15) is 35.5 Å². The maximum atomic E-state index is 13.7. The SMILES string of the molecule is CN=C(NCc1cccc(C)n1)NC(C)c1ccc(C)c(F)c1. The first-order chi connectivity index (χ1) is 11.0. The lowest BCUT2D eigenvalue weighted by Crippen LogP contribution is -2.38. The molecule has 0 saturated carbocycles. The van der Waals surface area contributed by atoms with Crippen LogP contribution in [-0.4, -0.2) is 18.0 Å². The first kappa shape index (κ1) is 16.9. The summed E-state index contributed by atoms with van der Waals surface area (Å²) in [5.41, 5.74) is 3.46. The number of aryl methyl sites for hydroxylation is 2. The van der Waals surface area contributed by atoms with Gasteiger partial charge in [0.1, 0.15) is 5.82 Å². The highest BCUT2D eigenvalue weighted by Crippen LogP contribution is 2.16. The summed E-state index contributed by atoms with van der Waals surface area (Å²) in [6.45, 7) is 6.27. The summed E-state index contributed by atoms with van der Waals surface area (Å²) in [7, 11) is 1.71. The molecule has 0 spiro atoms. The number of rotatable bonds is 4. The van der Waals surface area contributed by atoms with Gasteiger partial charge in [0.2, 0.25) is 0 Å². The molecule has 122 valence electrons. The highest BCUT2D eigenvalue weighted by atomic mass is 19.1. The van der Waals surface area contributed by atoms with Gasteiger partial charge >= 0.3 is 0 Å². The molecule has 1 unspecified atom stereocenters. The van der Waals surface area contributed by atoms with Gasteiger partial charge in [-0.2, -0.15) is 0 Å². The van der Waals surface area contributed by atoms with Crippen molar-refractivity contribution in [3.63, 3.8) is 0 Å². The van der Waals surface area contributed by atoms with Gasteiger partial charge in [0.15, 0.2) is 5.96 Å². The standard InChI is InChI=1S/C18H23FN4/c1-12-8-9-15(10-17(12)19)14(3)23-18(20-4)21-11-16-7-5-6-13(2)22-16/h5-10,14H,11H2,1-4H3,(H2,20,21,23). The minimum absolute atomic E-state index is 0.0539. The summed E-state index contributed by atoms with van der Waals surface area (Å²) in [6, 6.07) is 11.1. The van der Waals surface area contributed by atoms with Gasteiger partial charge in [0.05, 0.1) is 18.3 Å². The van der Waals surface area contributed by atoms with E-state index in [-0.39, 0.29) is 11.9 Å². The van der Waals surface area contributed by atoms with E-state index in [1.165, 1.54) is 0 Å². The van der Waals surface area contributed by atoms with Gasteiger partial charge < -0.3 is 10.6 Å². The Hall–Kier alpha value is -2.43. The Morgan fingerprint density at radius 3 is 2.70 bits per heavy atom. The largest absolute Gasteiger partial charge is 0.351 e. The van der Waals surface area contributed by atoms with Crippen LogP contribution < -0.4 is 10.6 Å². The number of aromatic nitrogens is 1. The van der Waals surface area contributed by atoms with E-state index in [1.807, 2.05) is 38.1 Å². The van der Waals surface area contributed by atoms with Crippen molar-refractivity contribution in [3.05, 3.63) is 64.7 Å². The smallest absolute Gasteiger partial charge is 0.191 e. The second-order valence-electron chi connectivity index (χ2n) is 5.57. The molecule has 0 saturated heterocycles. The Balaban J connectivity index is 1.97. The molecule has 2 N–H and O–H groups in total. The number of pyridine rings is 1. The van der Waals surface area contributed by atoms with Crippen molar-refractivity contribution >= 4 is 5.96 Å². The van der Waals surface area contributed by atoms with E-state index < -0.39 is 0 Å². The van der Waals surface area contributed by atoms with Gasteiger partial charge in [-0.25, -0.2) is 4.39 Å². The number of halogens is 1. The van der Waals surface area contributed by atoms with Crippen molar-refractivity contribution in [2.75, 3.05) is 7.05 Å². The lowest BCUT2D eigenvalue weighted by molar-refractivity contribution is 0.607. The summed E-state index contributed by atoms with van der Waals surface area (Å²) in [4.78, 5) is 8.65. The van der Waals surface area contributed by atoms with Gasteiger partial charge in [-0.05, 0) is 50.1 Å². The Morgan fingerprint density at radius 1 is 1.26 bits per heavy atom. The zero-order valence-corrected chi connectivity index (χ0v) is 14.0. The Morgan fingerprint density at radius 2 is 2.04 bits per heavy atom. The van der Waals surface area contributed by atoms with Crippen LogP contribution in [-0.2, 0) is 6.54 Å². The summed E-state index contributed by atoms with van der Waals surface area (Å²) in [5.74, 6) is 0.463. The van der Waals surface area contributed by atoms with Crippen molar-refractivity contribution in [1.82, 2.24) is 15.6 Å². The number of guanidine groups is 1. The number of nitrogens with zero attached hydrogens (tertiary/aromatic N) is 2. The minimum atomic E-state index is -0.192. The molecular formula is C18H23FN4. The van der Waals surface area contributed by atoms with Crippen LogP contribution in [0.15, 0.2) is 41.4 Å². The van der Waals surface area contributed by atoms with Crippen LogP contribution in [0.3, 0.4) is 0 Å². The van der Waals surface area contributed by atoms with Crippen molar-refractivity contribution in [2.45, 2.75) is 33.4 Å². The normalized spacial score (nSPS) is 12.8. The van der Waals surface area contributed by atoms with E-state index in [9.17, 15) is 4.39 Å². The molecule has 0 bridgehead atoms. The number of nitrogens with one attached hydrogen (secondary N) is 2. The van der Waals surface area contributed by atoms with Gasteiger partial charge in [-0.15, -0.1) is 0 Å². The van der Waals surface area contributed by atoms with Gasteiger partial charge in [-0.1, -0.05) is 18.2 Å². The molecule has 4 nitrogen and oxygen atoms in total. The molecule has 2 rings (SSSR count). The van der Waals surface area contributed by atoms with E-state index in [4.69, 9.17) is 0 Å². The third-order valence-electron chi connectivity index (χ3n) is 3.66. The lowest BCUT2D eigenvalue weighted by atomic mass is 10.1. The molecule has 1 atom stereocenters. The lowest BCUT2D eigenvalue weighted by Gasteiger charge is -2.18. The fourth-order valence-corrected chi connectivity index (χ4v) is 2.23. The fourth-order valence-electron chi connectivity index (χ4n) is 2.23. The zero-order chi connectivity index (χ0) is 16.8. The van der Waals surface area contributed by atoms with E-state index in [0.29, 0.717) is 18.1 Å². The van der Waals surface area contributed by atoms with Crippen LogP contribution in [0.5, 0.6) is 0 Å². The second-order valence-corrected chi connectivity index (χ2v) is 5.57. The van der Waals surface area contributed by atoms with Gasteiger partial charge in [0, 0.05) is 12.7 Å². The van der Waals surface area contributed by atoms with Crippen molar-refractivity contribution < 1.29 is 4.39 Å². The maximum Gasteiger partial charge on any atom is 0.191 e.